The van der Waals surface area contributed by atoms with Gasteiger partial charge in [0, 0.05) is 18.6 Å². The SMILES string of the molecule is CC(O)Cn1c(=O)n(CC(O)CNCCCN(C)C)c(=O)n(CC(O)CN(CCCN(C)C)C(C)(C)C)c1=O. The summed E-state index contributed by atoms with van der Waals surface area (Å²) >= 11 is 0. The van der Waals surface area contributed by atoms with Crippen LogP contribution in [0.1, 0.15) is 40.5 Å². The maximum absolute atomic E-state index is 13.3. The van der Waals surface area contributed by atoms with E-state index in [0.717, 1.165) is 39.6 Å². The summed E-state index contributed by atoms with van der Waals surface area (Å²) in [5.74, 6) is 0. The normalized spacial score (nSPS) is 14.9. The van der Waals surface area contributed by atoms with Crippen LogP contribution in [0.5, 0.6) is 0 Å². The van der Waals surface area contributed by atoms with E-state index in [9.17, 15) is 29.7 Å². The second kappa shape index (κ2) is 16.4. The lowest BCUT2D eigenvalue weighted by Gasteiger charge is -2.37. The molecule has 0 bridgehead atoms. The van der Waals surface area contributed by atoms with Crippen molar-refractivity contribution in [1.29, 1.82) is 0 Å². The van der Waals surface area contributed by atoms with Gasteiger partial charge in [0.25, 0.3) is 0 Å². The molecule has 13 heteroatoms. The minimum atomic E-state index is -1.07. The highest BCUT2D eigenvalue weighted by Crippen LogP contribution is 2.14. The van der Waals surface area contributed by atoms with Crippen LogP contribution >= 0.6 is 0 Å². The van der Waals surface area contributed by atoms with E-state index in [1.165, 1.54) is 6.92 Å². The van der Waals surface area contributed by atoms with Crippen molar-refractivity contribution in [3.8, 4) is 0 Å². The van der Waals surface area contributed by atoms with Crippen LogP contribution < -0.4 is 22.4 Å². The average molecular weight is 560 g/mol. The van der Waals surface area contributed by atoms with Crippen molar-refractivity contribution < 1.29 is 15.3 Å². The molecule has 0 saturated heterocycles. The van der Waals surface area contributed by atoms with Gasteiger partial charge in [0.1, 0.15) is 0 Å². The van der Waals surface area contributed by atoms with E-state index in [-0.39, 0.29) is 38.3 Å². The van der Waals surface area contributed by atoms with E-state index in [0.29, 0.717) is 13.1 Å². The third-order valence-corrected chi connectivity index (χ3v) is 6.37. The van der Waals surface area contributed by atoms with Gasteiger partial charge in [-0.2, -0.15) is 0 Å². The van der Waals surface area contributed by atoms with E-state index in [1.54, 1.807) is 0 Å². The Kier molecular flexibility index (Phi) is 14.8. The second-order valence-corrected chi connectivity index (χ2v) is 12.0. The Morgan fingerprint density at radius 1 is 0.744 bits per heavy atom. The molecule has 0 aliphatic heterocycles. The summed E-state index contributed by atoms with van der Waals surface area (Å²) in [5.41, 5.74) is -2.95. The monoisotopic (exact) mass is 559 g/mol. The first kappa shape index (κ1) is 35.2. The van der Waals surface area contributed by atoms with Gasteiger partial charge in [-0.1, -0.05) is 0 Å². The van der Waals surface area contributed by atoms with Gasteiger partial charge >= 0.3 is 17.1 Å². The lowest BCUT2D eigenvalue weighted by Crippen LogP contribution is -2.58. The quantitative estimate of drug-likeness (QED) is 0.147. The van der Waals surface area contributed by atoms with Crippen LogP contribution in [-0.4, -0.2) is 135 Å². The van der Waals surface area contributed by atoms with E-state index < -0.39 is 35.4 Å². The highest BCUT2D eigenvalue weighted by atomic mass is 16.3. The molecule has 1 aromatic heterocycles. The van der Waals surface area contributed by atoms with Gasteiger partial charge in [0.15, 0.2) is 0 Å². The second-order valence-electron chi connectivity index (χ2n) is 12.0. The summed E-state index contributed by atoms with van der Waals surface area (Å²) in [6.45, 7) is 10.1. The Morgan fingerprint density at radius 2 is 1.21 bits per heavy atom. The molecule has 1 rings (SSSR count). The third kappa shape index (κ3) is 12.5. The molecule has 228 valence electrons. The van der Waals surface area contributed by atoms with Gasteiger partial charge in [-0.25, -0.2) is 28.1 Å². The van der Waals surface area contributed by atoms with Gasteiger partial charge in [-0.15, -0.1) is 0 Å². The zero-order valence-corrected chi connectivity index (χ0v) is 25.3. The first-order valence-corrected chi connectivity index (χ1v) is 13.8. The van der Waals surface area contributed by atoms with Crippen LogP contribution in [-0.2, 0) is 19.6 Å². The molecule has 3 unspecified atom stereocenters. The summed E-state index contributed by atoms with van der Waals surface area (Å²) in [6, 6.07) is 0. The molecule has 0 aromatic carbocycles. The highest BCUT2D eigenvalue weighted by molar-refractivity contribution is 4.84. The fraction of sp³-hybridized carbons (Fsp3) is 0.885. The van der Waals surface area contributed by atoms with Crippen molar-refractivity contribution >= 4 is 0 Å². The van der Waals surface area contributed by atoms with E-state index in [4.69, 9.17) is 0 Å². The van der Waals surface area contributed by atoms with E-state index in [1.807, 2.05) is 53.9 Å². The van der Waals surface area contributed by atoms with Crippen molar-refractivity contribution in [3.63, 3.8) is 0 Å². The minimum absolute atomic E-state index is 0.158. The third-order valence-electron chi connectivity index (χ3n) is 6.37. The number of nitrogens with zero attached hydrogens (tertiary/aromatic N) is 6. The number of hydrogen-bond donors (Lipinski definition) is 4. The lowest BCUT2D eigenvalue weighted by atomic mass is 10.0. The summed E-state index contributed by atoms with van der Waals surface area (Å²) in [7, 11) is 7.93. The molecule has 0 aliphatic carbocycles. The summed E-state index contributed by atoms with van der Waals surface area (Å²) in [5, 5.41) is 34.5. The van der Waals surface area contributed by atoms with Crippen molar-refractivity contribution in [2.24, 2.45) is 0 Å². The van der Waals surface area contributed by atoms with Gasteiger partial charge in [0.2, 0.25) is 0 Å². The fourth-order valence-electron chi connectivity index (χ4n) is 4.28. The molecule has 39 heavy (non-hydrogen) atoms. The number of hydrogen-bond acceptors (Lipinski definition) is 10. The van der Waals surface area contributed by atoms with Crippen LogP contribution in [0.15, 0.2) is 14.4 Å². The lowest BCUT2D eigenvalue weighted by molar-refractivity contribution is 0.0457. The van der Waals surface area contributed by atoms with Gasteiger partial charge in [0.05, 0.1) is 37.9 Å². The topological polar surface area (TPSA) is 148 Å². The van der Waals surface area contributed by atoms with Crippen molar-refractivity contribution in [2.45, 2.75) is 84.0 Å². The Balaban J connectivity index is 3.18. The van der Waals surface area contributed by atoms with Crippen LogP contribution in [0.25, 0.3) is 0 Å². The molecule has 3 atom stereocenters. The molecule has 0 amide bonds. The van der Waals surface area contributed by atoms with E-state index in [2.05, 4.69) is 15.1 Å². The molecule has 0 spiro atoms. The molecule has 0 radical (unpaired) electrons. The zero-order valence-electron chi connectivity index (χ0n) is 25.3. The Hall–Kier alpha value is -1.87. The standard InChI is InChI=1S/C26H53N7O6/c1-20(34)16-31-23(37)32(18-21(35)15-27-11-9-12-28(5)6)25(39)33(24(31)38)19-22(36)17-30(26(2,3)4)14-10-13-29(7)8/h20-22,27,34-36H,9-19H2,1-8H3. The first-order valence-electron chi connectivity index (χ1n) is 13.8. The molecule has 1 aromatic rings. The summed E-state index contributed by atoms with van der Waals surface area (Å²) in [6.07, 6.45) is -1.40. The Bertz CT molecular complexity index is 1030. The molecule has 4 N–H and O–H groups in total. The number of aliphatic hydroxyl groups excluding tert-OH is 3. The molecule has 0 fully saturated rings. The van der Waals surface area contributed by atoms with Gasteiger partial charge < -0.3 is 30.4 Å². The van der Waals surface area contributed by atoms with E-state index >= 15 is 0 Å². The van der Waals surface area contributed by atoms with Gasteiger partial charge in [-0.3, -0.25) is 4.90 Å². The van der Waals surface area contributed by atoms with Crippen LogP contribution in [0.4, 0.5) is 0 Å². The molecular formula is C26H53N7O6. The maximum atomic E-state index is 13.3. The fourth-order valence-corrected chi connectivity index (χ4v) is 4.28. The molecule has 1 heterocycles. The maximum Gasteiger partial charge on any atom is 0.336 e. The minimum Gasteiger partial charge on any atom is -0.392 e. The number of β-amino-alcohol motifs (C(OH)–C–C–N with tert-alkyl or cyclic N) is 1. The molecule has 0 saturated carbocycles. The smallest absolute Gasteiger partial charge is 0.336 e. The van der Waals surface area contributed by atoms with Crippen LogP contribution in [0, 0.1) is 0 Å². The average Bonchev–Trinajstić information content (AvgIpc) is 2.80. The highest BCUT2D eigenvalue weighted by Gasteiger charge is 2.26. The number of rotatable bonds is 18. The van der Waals surface area contributed by atoms with Crippen LogP contribution in [0.2, 0.25) is 0 Å². The van der Waals surface area contributed by atoms with Crippen molar-refractivity contribution in [2.75, 3.05) is 67.5 Å². The molecule has 13 nitrogen and oxygen atoms in total. The number of aliphatic hydroxyl groups is 3. The summed E-state index contributed by atoms with van der Waals surface area (Å²) in [4.78, 5) is 45.7. The van der Waals surface area contributed by atoms with Crippen molar-refractivity contribution in [3.05, 3.63) is 31.5 Å². The number of aromatic nitrogens is 3. The number of nitrogens with one attached hydrogen (secondary N) is 1. The van der Waals surface area contributed by atoms with Crippen molar-refractivity contribution in [1.82, 2.24) is 33.7 Å². The first-order chi connectivity index (χ1) is 18.0. The largest absolute Gasteiger partial charge is 0.392 e. The zero-order chi connectivity index (χ0) is 29.9. The summed E-state index contributed by atoms with van der Waals surface area (Å²) < 4.78 is 2.42. The predicted molar refractivity (Wildman–Crippen MR) is 153 cm³/mol. The molecular weight excluding hydrogens is 506 g/mol. The Labute approximate surface area is 232 Å². The van der Waals surface area contributed by atoms with Crippen LogP contribution in [0.3, 0.4) is 0 Å². The Morgan fingerprint density at radius 3 is 1.67 bits per heavy atom. The predicted octanol–water partition coefficient (Wildman–Crippen LogP) is -2.13. The van der Waals surface area contributed by atoms with Gasteiger partial charge in [-0.05, 0) is 94.9 Å². The molecule has 0 aliphatic rings.